The number of nitrogens with zero attached hydrogens (tertiary/aromatic N) is 1. The van der Waals surface area contributed by atoms with Crippen LogP contribution in [0.1, 0.15) is 18.1 Å². The van der Waals surface area contributed by atoms with Gasteiger partial charge in [-0.3, -0.25) is 0 Å². The predicted octanol–water partition coefficient (Wildman–Crippen LogP) is 3.19. The van der Waals surface area contributed by atoms with Crippen LogP contribution in [0, 0.1) is 0 Å². The van der Waals surface area contributed by atoms with Gasteiger partial charge < -0.3 is 14.4 Å². The Morgan fingerprint density at radius 2 is 1.91 bits per heavy atom. The van der Waals surface area contributed by atoms with Crippen LogP contribution in [-0.2, 0) is 22.5 Å². The number of esters is 1. The van der Waals surface area contributed by atoms with Crippen molar-refractivity contribution in [2.75, 3.05) is 24.7 Å². The zero-order valence-electron chi connectivity index (χ0n) is 13.3. The second kappa shape index (κ2) is 7.18. The van der Waals surface area contributed by atoms with Crippen LogP contribution >= 0.6 is 0 Å². The van der Waals surface area contributed by atoms with Crippen molar-refractivity contribution < 1.29 is 14.3 Å². The molecule has 4 nitrogen and oxygen atoms in total. The van der Waals surface area contributed by atoms with Gasteiger partial charge in [-0.05, 0) is 31.0 Å². The van der Waals surface area contributed by atoms with E-state index in [-0.39, 0.29) is 12.6 Å². The zero-order valence-corrected chi connectivity index (χ0v) is 13.3. The molecular weight excluding hydrogens is 290 g/mol. The Labute approximate surface area is 136 Å². The van der Waals surface area contributed by atoms with Crippen LogP contribution < -0.4 is 9.64 Å². The molecule has 4 heteroatoms. The van der Waals surface area contributed by atoms with Gasteiger partial charge in [0.15, 0.2) is 6.61 Å². The highest BCUT2D eigenvalue weighted by atomic mass is 16.6. The van der Waals surface area contributed by atoms with E-state index < -0.39 is 0 Å². The normalized spacial score (nSPS) is 12.8. The van der Waals surface area contributed by atoms with Gasteiger partial charge in [0.1, 0.15) is 5.75 Å². The highest BCUT2D eigenvalue weighted by Gasteiger charge is 2.19. The van der Waals surface area contributed by atoms with Crippen LogP contribution in [0.2, 0.25) is 0 Å². The van der Waals surface area contributed by atoms with E-state index in [1.165, 1.54) is 11.3 Å². The molecule has 0 saturated heterocycles. The van der Waals surface area contributed by atoms with Crippen LogP contribution in [-0.4, -0.2) is 25.7 Å². The molecule has 2 aromatic rings. The topological polar surface area (TPSA) is 38.8 Å². The van der Waals surface area contributed by atoms with Crippen molar-refractivity contribution in [3.05, 3.63) is 59.7 Å². The van der Waals surface area contributed by atoms with Crippen LogP contribution in [0.4, 0.5) is 5.69 Å². The first-order chi connectivity index (χ1) is 11.3. The van der Waals surface area contributed by atoms with E-state index in [2.05, 4.69) is 29.2 Å². The molecule has 0 saturated carbocycles. The van der Waals surface area contributed by atoms with Crippen molar-refractivity contribution in [1.82, 2.24) is 0 Å². The Hall–Kier alpha value is -2.49. The number of para-hydroxylation sites is 2. The molecule has 1 aliphatic heterocycles. The van der Waals surface area contributed by atoms with Gasteiger partial charge in [0, 0.05) is 24.3 Å². The highest BCUT2D eigenvalue weighted by molar-refractivity contribution is 5.71. The number of hydrogen-bond acceptors (Lipinski definition) is 4. The van der Waals surface area contributed by atoms with Crippen molar-refractivity contribution in [2.45, 2.75) is 19.9 Å². The van der Waals surface area contributed by atoms with Crippen molar-refractivity contribution in [3.8, 4) is 5.75 Å². The highest BCUT2D eigenvalue weighted by Crippen LogP contribution is 2.30. The monoisotopic (exact) mass is 311 g/mol. The van der Waals surface area contributed by atoms with Gasteiger partial charge in [0.2, 0.25) is 0 Å². The summed E-state index contributed by atoms with van der Waals surface area (Å²) in [6.07, 6.45) is 1.07. The lowest BCUT2D eigenvalue weighted by molar-refractivity contribution is -0.145. The summed E-state index contributed by atoms with van der Waals surface area (Å²) in [5.74, 6) is 0.402. The van der Waals surface area contributed by atoms with Crippen molar-refractivity contribution in [3.63, 3.8) is 0 Å². The molecule has 0 atom stereocenters. The van der Waals surface area contributed by atoms with Crippen molar-refractivity contribution in [1.29, 1.82) is 0 Å². The Morgan fingerprint density at radius 1 is 1.13 bits per heavy atom. The third-order valence-electron chi connectivity index (χ3n) is 3.97. The molecule has 0 aliphatic carbocycles. The molecule has 1 aliphatic rings. The summed E-state index contributed by atoms with van der Waals surface area (Å²) in [4.78, 5) is 13.8. The van der Waals surface area contributed by atoms with Gasteiger partial charge in [-0.25, -0.2) is 4.79 Å². The van der Waals surface area contributed by atoms with E-state index in [4.69, 9.17) is 9.47 Å². The minimum atomic E-state index is -0.339. The lowest BCUT2D eigenvalue weighted by Gasteiger charge is -2.21. The van der Waals surface area contributed by atoms with Crippen molar-refractivity contribution in [2.24, 2.45) is 0 Å². The Morgan fingerprint density at radius 3 is 2.78 bits per heavy atom. The van der Waals surface area contributed by atoms with E-state index in [0.29, 0.717) is 6.61 Å². The number of anilines is 1. The molecular formula is C19H21NO3. The molecule has 0 aromatic heterocycles. The third kappa shape index (κ3) is 3.65. The molecule has 0 N–H and O–H groups in total. The molecule has 1 heterocycles. The number of hydrogen-bond donors (Lipinski definition) is 0. The fraction of sp³-hybridized carbons (Fsp3) is 0.316. The number of ether oxygens (including phenoxy) is 2. The number of carbonyl (C=O) groups is 1. The van der Waals surface area contributed by atoms with Gasteiger partial charge in [-0.15, -0.1) is 0 Å². The average Bonchev–Trinajstić information content (AvgIpc) is 2.98. The first-order valence-corrected chi connectivity index (χ1v) is 7.97. The summed E-state index contributed by atoms with van der Waals surface area (Å²) >= 11 is 0. The molecule has 0 fully saturated rings. The Balaban J connectivity index is 1.70. The van der Waals surface area contributed by atoms with Crippen molar-refractivity contribution >= 4 is 11.7 Å². The maximum Gasteiger partial charge on any atom is 0.344 e. The summed E-state index contributed by atoms with van der Waals surface area (Å²) in [6, 6.07) is 16.3. The molecule has 3 rings (SSSR count). The summed E-state index contributed by atoms with van der Waals surface area (Å²) in [7, 11) is 0. The van der Waals surface area contributed by atoms with Gasteiger partial charge in [0.05, 0.1) is 6.61 Å². The first-order valence-electron chi connectivity index (χ1n) is 7.97. The van der Waals surface area contributed by atoms with E-state index in [0.717, 1.165) is 30.8 Å². The number of rotatable bonds is 6. The van der Waals surface area contributed by atoms with Gasteiger partial charge >= 0.3 is 5.97 Å². The van der Waals surface area contributed by atoms with Crippen LogP contribution in [0.15, 0.2) is 48.5 Å². The summed E-state index contributed by atoms with van der Waals surface area (Å²) in [5, 5.41) is 0. The molecule has 2 aromatic carbocycles. The van der Waals surface area contributed by atoms with Crippen LogP contribution in [0.5, 0.6) is 5.75 Å². The van der Waals surface area contributed by atoms with E-state index in [1.807, 2.05) is 24.3 Å². The summed E-state index contributed by atoms with van der Waals surface area (Å²) in [6.45, 7) is 3.88. The summed E-state index contributed by atoms with van der Waals surface area (Å²) < 4.78 is 10.6. The molecule has 0 amide bonds. The standard InChI is InChI=1S/C19H21NO3/c1-2-22-19(21)14-23-18-10-6-4-8-16(18)13-20-12-11-15-7-3-5-9-17(15)20/h3-10H,2,11-14H2,1H3. The van der Waals surface area contributed by atoms with Gasteiger partial charge in [-0.1, -0.05) is 36.4 Å². The summed E-state index contributed by atoms with van der Waals surface area (Å²) in [5.41, 5.74) is 3.75. The molecule has 0 spiro atoms. The van der Waals surface area contributed by atoms with Crippen LogP contribution in [0.3, 0.4) is 0 Å². The lowest BCUT2D eigenvalue weighted by atomic mass is 10.1. The Kier molecular flexibility index (Phi) is 4.81. The van der Waals surface area contributed by atoms with Crippen LogP contribution in [0.25, 0.3) is 0 Å². The SMILES string of the molecule is CCOC(=O)COc1ccccc1CN1CCc2ccccc21. The molecule has 0 radical (unpaired) electrons. The maximum atomic E-state index is 11.5. The quantitative estimate of drug-likeness (QED) is 0.768. The maximum absolute atomic E-state index is 11.5. The molecule has 0 bridgehead atoms. The largest absolute Gasteiger partial charge is 0.482 e. The second-order valence-corrected chi connectivity index (χ2v) is 5.50. The number of fused-ring (bicyclic) bond motifs is 1. The minimum Gasteiger partial charge on any atom is -0.482 e. The molecule has 120 valence electrons. The smallest absolute Gasteiger partial charge is 0.344 e. The van der Waals surface area contributed by atoms with Gasteiger partial charge in [-0.2, -0.15) is 0 Å². The fourth-order valence-corrected chi connectivity index (χ4v) is 2.89. The van der Waals surface area contributed by atoms with Gasteiger partial charge in [0.25, 0.3) is 0 Å². The van der Waals surface area contributed by atoms with E-state index in [1.54, 1.807) is 6.92 Å². The second-order valence-electron chi connectivity index (χ2n) is 5.50. The first kappa shape index (κ1) is 15.4. The lowest BCUT2D eigenvalue weighted by Crippen LogP contribution is -2.21. The average molecular weight is 311 g/mol. The number of carbonyl (C=O) groups excluding carboxylic acids is 1. The Bertz CT molecular complexity index is 684. The van der Waals surface area contributed by atoms with E-state index in [9.17, 15) is 4.79 Å². The molecule has 23 heavy (non-hydrogen) atoms. The number of benzene rings is 2. The molecule has 0 unspecified atom stereocenters. The third-order valence-corrected chi connectivity index (χ3v) is 3.97. The minimum absolute atomic E-state index is 0.0541. The van der Waals surface area contributed by atoms with E-state index >= 15 is 0 Å². The predicted molar refractivity (Wildman–Crippen MR) is 89.8 cm³/mol. The zero-order chi connectivity index (χ0) is 16.1. The fourth-order valence-electron chi connectivity index (χ4n) is 2.89.